The van der Waals surface area contributed by atoms with Gasteiger partial charge in [0, 0.05) is 25.4 Å². The molecule has 0 radical (unpaired) electrons. The zero-order valence-corrected chi connectivity index (χ0v) is 13.3. The topological polar surface area (TPSA) is 63.4 Å². The number of carbonyl (C=O) groups excluding carboxylic acids is 2. The number of carbonyl (C=O) groups is 2. The Kier molecular flexibility index (Phi) is 5.85. The fourth-order valence-corrected chi connectivity index (χ4v) is 3.03. The lowest BCUT2D eigenvalue weighted by Gasteiger charge is -2.35. The smallest absolute Gasteiger partial charge is 0.370 e. The van der Waals surface area contributed by atoms with Crippen molar-refractivity contribution in [1.29, 1.82) is 0 Å². The first-order valence-electron chi connectivity index (χ1n) is 8.01. The predicted octanol–water partition coefficient (Wildman–Crippen LogP) is 2.89. The van der Waals surface area contributed by atoms with E-state index < -0.39 is 17.6 Å². The predicted molar refractivity (Wildman–Crippen MR) is 82.9 cm³/mol. The molecule has 0 saturated carbocycles. The number of likely N-dealkylation sites (tertiary alicyclic amines) is 1. The molecular formula is C17H21F3N2O2. The second-order valence-corrected chi connectivity index (χ2v) is 6.10. The lowest BCUT2D eigenvalue weighted by molar-refractivity contribution is -0.138. The molecule has 1 aromatic carbocycles. The average molecular weight is 342 g/mol. The van der Waals surface area contributed by atoms with Crippen molar-refractivity contribution in [2.45, 2.75) is 50.7 Å². The van der Waals surface area contributed by atoms with E-state index in [0.29, 0.717) is 18.5 Å². The van der Waals surface area contributed by atoms with Crippen LogP contribution in [0.5, 0.6) is 0 Å². The minimum Gasteiger partial charge on any atom is -0.370 e. The number of primary amides is 1. The average Bonchev–Trinajstić information content (AvgIpc) is 2.52. The normalized spacial score (nSPS) is 18.5. The number of alkyl halides is 3. The van der Waals surface area contributed by atoms with Crippen molar-refractivity contribution in [1.82, 2.24) is 4.90 Å². The Hall–Kier alpha value is -2.05. The van der Waals surface area contributed by atoms with E-state index in [0.717, 1.165) is 31.4 Å². The third-order valence-corrected chi connectivity index (χ3v) is 4.29. The molecule has 132 valence electrons. The lowest BCUT2D eigenvalue weighted by atomic mass is 9.98. The van der Waals surface area contributed by atoms with Crippen LogP contribution in [0.15, 0.2) is 24.3 Å². The Balaban J connectivity index is 1.92. The van der Waals surface area contributed by atoms with Gasteiger partial charge in [-0.05, 0) is 43.4 Å². The first-order valence-corrected chi connectivity index (χ1v) is 8.01. The summed E-state index contributed by atoms with van der Waals surface area (Å²) in [7, 11) is 0. The molecule has 1 saturated heterocycles. The molecule has 4 nitrogen and oxygen atoms in total. The van der Waals surface area contributed by atoms with E-state index in [1.54, 1.807) is 4.90 Å². The number of benzene rings is 1. The molecule has 0 spiro atoms. The molecule has 0 unspecified atom stereocenters. The molecule has 7 heteroatoms. The Morgan fingerprint density at radius 1 is 1.17 bits per heavy atom. The number of aryl methyl sites for hydroxylation is 1. The molecule has 1 aliphatic heterocycles. The minimum atomic E-state index is -4.36. The number of hydrogen-bond acceptors (Lipinski definition) is 2. The van der Waals surface area contributed by atoms with E-state index in [9.17, 15) is 22.8 Å². The van der Waals surface area contributed by atoms with Gasteiger partial charge in [0.2, 0.25) is 11.8 Å². The first-order chi connectivity index (χ1) is 11.3. The Morgan fingerprint density at radius 3 is 2.42 bits per heavy atom. The molecule has 1 heterocycles. The fourth-order valence-electron chi connectivity index (χ4n) is 3.03. The number of nitrogens with zero attached hydrogens (tertiary/aromatic N) is 1. The van der Waals surface area contributed by atoms with Gasteiger partial charge in [-0.1, -0.05) is 12.1 Å². The van der Waals surface area contributed by atoms with Gasteiger partial charge >= 0.3 is 6.18 Å². The van der Waals surface area contributed by atoms with Gasteiger partial charge in [-0.2, -0.15) is 13.2 Å². The maximum Gasteiger partial charge on any atom is 0.416 e. The highest BCUT2D eigenvalue weighted by Crippen LogP contribution is 2.29. The van der Waals surface area contributed by atoms with E-state index in [1.807, 2.05) is 0 Å². The van der Waals surface area contributed by atoms with Crippen LogP contribution in [0.2, 0.25) is 0 Å². The number of piperidine rings is 1. The van der Waals surface area contributed by atoms with E-state index >= 15 is 0 Å². The van der Waals surface area contributed by atoms with E-state index in [-0.39, 0.29) is 24.8 Å². The number of nitrogens with two attached hydrogens (primary N) is 1. The van der Waals surface area contributed by atoms with Crippen molar-refractivity contribution in [3.05, 3.63) is 35.4 Å². The molecular weight excluding hydrogens is 321 g/mol. The molecule has 1 fully saturated rings. The van der Waals surface area contributed by atoms with Crippen molar-refractivity contribution in [2.24, 2.45) is 5.73 Å². The van der Waals surface area contributed by atoms with Crippen molar-refractivity contribution in [3.63, 3.8) is 0 Å². The standard InChI is InChI=1S/C17H21F3N2O2/c18-17(19,20)13-7-4-12(5-8-13)6-9-16(24)22-10-2-1-3-14(22)11-15(21)23/h4-5,7-8,14H,1-3,6,9-11H2,(H2,21,23)/t14-/m0/s1. The maximum atomic E-state index is 12.5. The van der Waals surface area contributed by atoms with Crippen LogP contribution in [0.1, 0.15) is 43.2 Å². The minimum absolute atomic E-state index is 0.0825. The van der Waals surface area contributed by atoms with Crippen LogP contribution >= 0.6 is 0 Å². The third-order valence-electron chi connectivity index (χ3n) is 4.29. The highest BCUT2D eigenvalue weighted by Gasteiger charge is 2.30. The number of hydrogen-bond donors (Lipinski definition) is 1. The van der Waals surface area contributed by atoms with Gasteiger partial charge in [-0.3, -0.25) is 9.59 Å². The summed E-state index contributed by atoms with van der Waals surface area (Å²) in [6.07, 6.45) is -1.01. The molecule has 1 aliphatic rings. The van der Waals surface area contributed by atoms with Gasteiger partial charge in [0.15, 0.2) is 0 Å². The fraction of sp³-hybridized carbons (Fsp3) is 0.529. The monoisotopic (exact) mass is 342 g/mol. The van der Waals surface area contributed by atoms with Crippen molar-refractivity contribution < 1.29 is 22.8 Å². The van der Waals surface area contributed by atoms with Gasteiger partial charge < -0.3 is 10.6 Å². The highest BCUT2D eigenvalue weighted by atomic mass is 19.4. The lowest BCUT2D eigenvalue weighted by Crippen LogP contribution is -2.45. The Bertz CT molecular complexity index is 584. The Labute approximate surface area is 138 Å². The second-order valence-electron chi connectivity index (χ2n) is 6.10. The summed E-state index contributed by atoms with van der Waals surface area (Å²) in [5.74, 6) is -0.511. The molecule has 1 atom stereocenters. The number of amides is 2. The maximum absolute atomic E-state index is 12.5. The zero-order chi connectivity index (χ0) is 17.7. The largest absolute Gasteiger partial charge is 0.416 e. The third kappa shape index (κ3) is 4.97. The molecule has 2 rings (SSSR count). The summed E-state index contributed by atoms with van der Waals surface area (Å²) in [5, 5.41) is 0. The summed E-state index contributed by atoms with van der Waals surface area (Å²) >= 11 is 0. The van der Waals surface area contributed by atoms with Crippen LogP contribution in [0, 0.1) is 0 Å². The van der Waals surface area contributed by atoms with Crippen LogP contribution < -0.4 is 5.73 Å². The molecule has 24 heavy (non-hydrogen) atoms. The van der Waals surface area contributed by atoms with E-state index in [2.05, 4.69) is 0 Å². The van der Waals surface area contributed by atoms with Crippen LogP contribution in [0.3, 0.4) is 0 Å². The second kappa shape index (κ2) is 7.68. The van der Waals surface area contributed by atoms with Crippen molar-refractivity contribution in [3.8, 4) is 0 Å². The molecule has 0 bridgehead atoms. The first kappa shape index (κ1) is 18.3. The summed E-state index contributed by atoms with van der Waals surface area (Å²) < 4.78 is 37.6. The molecule has 0 aliphatic carbocycles. The number of rotatable bonds is 5. The molecule has 2 N–H and O–H groups in total. The van der Waals surface area contributed by atoms with Crippen molar-refractivity contribution in [2.75, 3.05) is 6.54 Å². The summed E-state index contributed by atoms with van der Waals surface area (Å²) in [4.78, 5) is 25.2. The van der Waals surface area contributed by atoms with Gasteiger partial charge in [0.1, 0.15) is 0 Å². The number of halogens is 3. The Morgan fingerprint density at radius 2 is 1.83 bits per heavy atom. The van der Waals surface area contributed by atoms with Crippen LogP contribution in [-0.4, -0.2) is 29.3 Å². The van der Waals surface area contributed by atoms with Crippen LogP contribution in [0.25, 0.3) is 0 Å². The van der Waals surface area contributed by atoms with Crippen molar-refractivity contribution >= 4 is 11.8 Å². The summed E-state index contributed by atoms with van der Waals surface area (Å²) in [6.45, 7) is 0.601. The van der Waals surface area contributed by atoms with Gasteiger partial charge in [0.05, 0.1) is 5.56 Å². The highest BCUT2D eigenvalue weighted by molar-refractivity contribution is 5.79. The van der Waals surface area contributed by atoms with E-state index in [4.69, 9.17) is 5.73 Å². The SMILES string of the molecule is NC(=O)C[C@@H]1CCCCN1C(=O)CCc1ccc(C(F)(F)F)cc1. The quantitative estimate of drug-likeness (QED) is 0.894. The van der Waals surface area contributed by atoms with Crippen LogP contribution in [-0.2, 0) is 22.2 Å². The van der Waals surface area contributed by atoms with Gasteiger partial charge in [-0.15, -0.1) is 0 Å². The van der Waals surface area contributed by atoms with Gasteiger partial charge in [-0.25, -0.2) is 0 Å². The molecule has 2 amide bonds. The van der Waals surface area contributed by atoms with E-state index in [1.165, 1.54) is 12.1 Å². The summed E-state index contributed by atoms with van der Waals surface area (Å²) in [5.41, 5.74) is 5.21. The van der Waals surface area contributed by atoms with Gasteiger partial charge in [0.25, 0.3) is 0 Å². The van der Waals surface area contributed by atoms with Crippen LogP contribution in [0.4, 0.5) is 13.2 Å². The molecule has 1 aromatic rings. The zero-order valence-electron chi connectivity index (χ0n) is 13.3. The molecule has 0 aromatic heterocycles. The summed E-state index contributed by atoms with van der Waals surface area (Å²) in [6, 6.07) is 4.68.